The normalized spacial score (nSPS) is 13.9. The van der Waals surface area contributed by atoms with Gasteiger partial charge in [0.05, 0.1) is 6.42 Å². The summed E-state index contributed by atoms with van der Waals surface area (Å²) >= 11 is 6.11. The highest BCUT2D eigenvalue weighted by molar-refractivity contribution is 6.30. The fraction of sp³-hybridized carbons (Fsp3) is 0.312. The van der Waals surface area contributed by atoms with E-state index in [1.807, 2.05) is 84.9 Å². The molecule has 5 heteroatoms. The molecule has 3 aromatic carbocycles. The molecule has 1 N–H and O–H groups in total. The van der Waals surface area contributed by atoms with Crippen LogP contribution >= 0.6 is 11.6 Å². The first-order valence-corrected chi connectivity index (χ1v) is 13.5. The lowest BCUT2D eigenvalue weighted by atomic mass is 9.97. The van der Waals surface area contributed by atoms with Gasteiger partial charge in [0, 0.05) is 24.5 Å². The predicted octanol–water partition coefficient (Wildman–Crippen LogP) is 6.53. The van der Waals surface area contributed by atoms with Gasteiger partial charge in [-0.2, -0.15) is 0 Å². The molecule has 2 amide bonds. The monoisotopic (exact) mass is 514 g/mol. The highest BCUT2D eigenvalue weighted by Gasteiger charge is 2.30. The molecular weight excluding hydrogens is 480 g/mol. The van der Waals surface area contributed by atoms with E-state index in [0.717, 1.165) is 36.0 Å². The van der Waals surface area contributed by atoms with Crippen molar-refractivity contribution in [1.82, 2.24) is 10.2 Å². The molecule has 1 aliphatic carbocycles. The molecule has 37 heavy (non-hydrogen) atoms. The number of nitrogens with one attached hydrogen (secondary N) is 1. The van der Waals surface area contributed by atoms with Crippen molar-refractivity contribution in [2.75, 3.05) is 6.54 Å². The zero-order valence-electron chi connectivity index (χ0n) is 21.2. The second-order valence-corrected chi connectivity index (χ2v) is 10.1. The van der Waals surface area contributed by atoms with E-state index in [2.05, 4.69) is 11.4 Å². The smallest absolute Gasteiger partial charge is 0.243 e. The minimum absolute atomic E-state index is 0.0766. The Hall–Kier alpha value is -3.37. The van der Waals surface area contributed by atoms with Crippen molar-refractivity contribution in [2.24, 2.45) is 0 Å². The van der Waals surface area contributed by atoms with Gasteiger partial charge >= 0.3 is 0 Å². The summed E-state index contributed by atoms with van der Waals surface area (Å²) in [6, 6.07) is 26.4. The molecule has 0 saturated heterocycles. The first-order valence-electron chi connectivity index (χ1n) is 13.2. The maximum atomic E-state index is 13.8. The van der Waals surface area contributed by atoms with Crippen LogP contribution in [0, 0.1) is 0 Å². The molecule has 1 atom stereocenters. The van der Waals surface area contributed by atoms with Crippen molar-refractivity contribution in [3.63, 3.8) is 0 Å². The Kier molecular flexibility index (Phi) is 9.96. The SMILES string of the molecule is O=C(NCCC1=CCCCC1)[C@H](Cc1ccccc1)N(Cc1ccc(Cl)cc1)C(=O)Cc1ccccc1. The van der Waals surface area contributed by atoms with Crippen LogP contribution in [0.15, 0.2) is 96.6 Å². The van der Waals surface area contributed by atoms with Crippen LogP contribution in [-0.2, 0) is 29.0 Å². The first-order chi connectivity index (χ1) is 18.1. The van der Waals surface area contributed by atoms with Crippen molar-refractivity contribution in [3.05, 3.63) is 118 Å². The number of rotatable bonds is 11. The number of nitrogens with zero attached hydrogens (tertiary/aromatic N) is 1. The molecule has 0 saturated carbocycles. The summed E-state index contributed by atoms with van der Waals surface area (Å²) in [5, 5.41) is 3.79. The van der Waals surface area contributed by atoms with Crippen LogP contribution in [0.2, 0.25) is 5.02 Å². The van der Waals surface area contributed by atoms with E-state index < -0.39 is 6.04 Å². The number of hydrogen-bond acceptors (Lipinski definition) is 2. The van der Waals surface area contributed by atoms with Gasteiger partial charge in [-0.15, -0.1) is 0 Å². The number of carbonyl (C=O) groups is 2. The first kappa shape index (κ1) is 26.7. The average molecular weight is 515 g/mol. The van der Waals surface area contributed by atoms with Gasteiger partial charge in [0.2, 0.25) is 11.8 Å². The van der Waals surface area contributed by atoms with E-state index in [-0.39, 0.29) is 18.2 Å². The third kappa shape index (κ3) is 8.33. The average Bonchev–Trinajstić information content (AvgIpc) is 2.93. The van der Waals surface area contributed by atoms with Gasteiger partial charge < -0.3 is 10.2 Å². The Morgan fingerprint density at radius 1 is 0.838 bits per heavy atom. The van der Waals surface area contributed by atoms with Crippen LogP contribution in [0.5, 0.6) is 0 Å². The second-order valence-electron chi connectivity index (χ2n) is 9.67. The van der Waals surface area contributed by atoms with Gasteiger partial charge in [0.15, 0.2) is 0 Å². The van der Waals surface area contributed by atoms with E-state index in [9.17, 15) is 9.59 Å². The summed E-state index contributed by atoms with van der Waals surface area (Å²) in [6.07, 6.45) is 8.57. The molecule has 3 aromatic rings. The van der Waals surface area contributed by atoms with Crippen LogP contribution < -0.4 is 5.32 Å². The van der Waals surface area contributed by atoms with Crippen molar-refractivity contribution >= 4 is 23.4 Å². The summed E-state index contributed by atoms with van der Waals surface area (Å²) < 4.78 is 0. The Bertz CT molecular complexity index is 1180. The molecule has 1 aliphatic rings. The standard InChI is InChI=1S/C32H35ClN2O2/c33-29-18-16-28(17-19-29)24-35(31(36)23-27-14-8-3-9-15-27)30(22-26-12-6-2-7-13-26)32(37)34-21-20-25-10-4-1-5-11-25/h2-3,6-10,12-19,30H,1,4-5,11,20-24H2,(H,34,37)/t30-/m0/s1. The summed E-state index contributed by atoms with van der Waals surface area (Å²) in [4.78, 5) is 29.2. The zero-order valence-corrected chi connectivity index (χ0v) is 22.0. The van der Waals surface area contributed by atoms with Crippen molar-refractivity contribution in [2.45, 2.75) is 57.5 Å². The Balaban J connectivity index is 1.57. The molecule has 0 radical (unpaired) electrons. The third-order valence-corrected chi connectivity index (χ3v) is 7.12. The molecule has 0 aromatic heterocycles. The number of benzene rings is 3. The van der Waals surface area contributed by atoms with E-state index in [1.165, 1.54) is 18.4 Å². The third-order valence-electron chi connectivity index (χ3n) is 6.87. The van der Waals surface area contributed by atoms with Crippen LogP contribution in [0.25, 0.3) is 0 Å². The van der Waals surface area contributed by atoms with E-state index in [1.54, 1.807) is 4.90 Å². The minimum atomic E-state index is -0.630. The lowest BCUT2D eigenvalue weighted by Gasteiger charge is -2.32. The minimum Gasteiger partial charge on any atom is -0.354 e. The van der Waals surface area contributed by atoms with Crippen LogP contribution in [0.3, 0.4) is 0 Å². The molecule has 0 aliphatic heterocycles. The molecule has 0 unspecified atom stereocenters. The maximum absolute atomic E-state index is 13.8. The molecule has 0 heterocycles. The van der Waals surface area contributed by atoms with Gasteiger partial charge in [0.1, 0.15) is 6.04 Å². The van der Waals surface area contributed by atoms with E-state index >= 15 is 0 Å². The molecule has 0 bridgehead atoms. The molecule has 192 valence electrons. The van der Waals surface area contributed by atoms with Crippen molar-refractivity contribution in [1.29, 1.82) is 0 Å². The summed E-state index contributed by atoms with van der Waals surface area (Å²) in [6.45, 7) is 0.913. The molecule has 0 fully saturated rings. The lowest BCUT2D eigenvalue weighted by molar-refractivity contribution is -0.140. The fourth-order valence-corrected chi connectivity index (χ4v) is 4.93. The van der Waals surface area contributed by atoms with Crippen molar-refractivity contribution in [3.8, 4) is 0 Å². The Morgan fingerprint density at radius 2 is 1.51 bits per heavy atom. The molecule has 4 rings (SSSR count). The van der Waals surface area contributed by atoms with Gasteiger partial charge in [-0.3, -0.25) is 9.59 Å². The summed E-state index contributed by atoms with van der Waals surface area (Å²) in [5.74, 6) is -0.192. The van der Waals surface area contributed by atoms with Gasteiger partial charge in [-0.05, 0) is 60.9 Å². The summed E-state index contributed by atoms with van der Waals surface area (Å²) in [5.41, 5.74) is 4.30. The van der Waals surface area contributed by atoms with Gasteiger partial charge in [-0.1, -0.05) is 96.0 Å². The highest BCUT2D eigenvalue weighted by Crippen LogP contribution is 2.20. The largest absolute Gasteiger partial charge is 0.354 e. The number of allylic oxidation sites excluding steroid dienone is 1. The number of amides is 2. The van der Waals surface area contributed by atoms with E-state index in [0.29, 0.717) is 24.5 Å². The van der Waals surface area contributed by atoms with Crippen LogP contribution in [0.1, 0.15) is 48.8 Å². The molecule has 4 nitrogen and oxygen atoms in total. The zero-order chi connectivity index (χ0) is 25.9. The van der Waals surface area contributed by atoms with Crippen molar-refractivity contribution < 1.29 is 9.59 Å². The van der Waals surface area contributed by atoms with E-state index in [4.69, 9.17) is 11.6 Å². The molecular formula is C32H35ClN2O2. The molecule has 0 spiro atoms. The maximum Gasteiger partial charge on any atom is 0.243 e. The fourth-order valence-electron chi connectivity index (χ4n) is 4.81. The van der Waals surface area contributed by atoms with Gasteiger partial charge in [0.25, 0.3) is 0 Å². The Morgan fingerprint density at radius 3 is 2.16 bits per heavy atom. The second kappa shape index (κ2) is 13.8. The van der Waals surface area contributed by atoms with Crippen LogP contribution in [0.4, 0.5) is 0 Å². The predicted molar refractivity (Wildman–Crippen MR) is 150 cm³/mol. The lowest BCUT2D eigenvalue weighted by Crippen LogP contribution is -2.51. The quantitative estimate of drug-likeness (QED) is 0.296. The number of halogens is 1. The highest BCUT2D eigenvalue weighted by atomic mass is 35.5. The van der Waals surface area contributed by atoms with Crippen LogP contribution in [-0.4, -0.2) is 29.3 Å². The van der Waals surface area contributed by atoms with Gasteiger partial charge in [-0.25, -0.2) is 0 Å². The summed E-state index contributed by atoms with van der Waals surface area (Å²) in [7, 11) is 0. The topological polar surface area (TPSA) is 49.4 Å². The number of carbonyl (C=O) groups excluding carboxylic acids is 2. The Labute approximate surface area is 225 Å². The number of hydrogen-bond donors (Lipinski definition) is 1.